The van der Waals surface area contributed by atoms with Crippen LogP contribution in [0.3, 0.4) is 0 Å². The van der Waals surface area contributed by atoms with Gasteiger partial charge in [-0.25, -0.2) is 0 Å². The molecule has 1 saturated carbocycles. The summed E-state index contributed by atoms with van der Waals surface area (Å²) in [6, 6.07) is 0.639. The summed E-state index contributed by atoms with van der Waals surface area (Å²) in [6.45, 7) is 8.29. The molecule has 0 N–H and O–H groups in total. The van der Waals surface area contributed by atoms with Crippen LogP contribution in [0.1, 0.15) is 59.3 Å². The standard InChI is InChI=1S/C15H27NO2/c1-15(2,3)18-14(17)11-12-7-6-8-13(12)16-9-4-5-10-16/h12-13H,4-11H2,1-3H3/t12-,13-/m1/s1. The van der Waals surface area contributed by atoms with Crippen molar-refractivity contribution in [1.29, 1.82) is 0 Å². The highest BCUT2D eigenvalue weighted by Crippen LogP contribution is 2.34. The second-order valence-corrected chi connectivity index (χ2v) is 6.79. The average Bonchev–Trinajstić information content (AvgIpc) is 2.82. The first-order valence-corrected chi connectivity index (χ1v) is 7.41. The monoisotopic (exact) mass is 253 g/mol. The Morgan fingerprint density at radius 2 is 1.83 bits per heavy atom. The van der Waals surface area contributed by atoms with Gasteiger partial charge in [0.05, 0.1) is 0 Å². The molecule has 1 aliphatic carbocycles. The number of rotatable bonds is 3. The van der Waals surface area contributed by atoms with E-state index < -0.39 is 0 Å². The predicted molar refractivity (Wildman–Crippen MR) is 72.4 cm³/mol. The number of esters is 1. The Bertz CT molecular complexity index is 289. The number of ether oxygens (including phenoxy) is 1. The summed E-state index contributed by atoms with van der Waals surface area (Å²) in [5.74, 6) is 0.511. The molecule has 0 unspecified atom stereocenters. The van der Waals surface area contributed by atoms with Gasteiger partial charge < -0.3 is 9.64 Å². The van der Waals surface area contributed by atoms with Gasteiger partial charge in [0.25, 0.3) is 0 Å². The minimum atomic E-state index is -0.348. The molecular formula is C15H27NO2. The molecule has 0 aromatic carbocycles. The molecule has 0 radical (unpaired) electrons. The zero-order valence-electron chi connectivity index (χ0n) is 12.1. The maximum Gasteiger partial charge on any atom is 0.306 e. The number of likely N-dealkylation sites (tertiary alicyclic amines) is 1. The highest BCUT2D eigenvalue weighted by atomic mass is 16.6. The molecule has 0 spiro atoms. The molecule has 3 nitrogen and oxygen atoms in total. The van der Waals surface area contributed by atoms with Crippen molar-refractivity contribution in [3.8, 4) is 0 Å². The van der Waals surface area contributed by atoms with Gasteiger partial charge in [-0.2, -0.15) is 0 Å². The first-order chi connectivity index (χ1) is 8.46. The SMILES string of the molecule is CC(C)(C)OC(=O)C[C@H]1CCC[C@H]1N1CCCC1. The number of carbonyl (C=O) groups is 1. The summed E-state index contributed by atoms with van der Waals surface area (Å²) in [5.41, 5.74) is -0.348. The fraction of sp³-hybridized carbons (Fsp3) is 0.933. The molecule has 1 aliphatic heterocycles. The van der Waals surface area contributed by atoms with Gasteiger partial charge in [-0.3, -0.25) is 4.79 Å². The largest absolute Gasteiger partial charge is 0.460 e. The van der Waals surface area contributed by atoms with Gasteiger partial charge in [0.1, 0.15) is 5.60 Å². The van der Waals surface area contributed by atoms with Crippen molar-refractivity contribution in [2.45, 2.75) is 70.9 Å². The minimum absolute atomic E-state index is 0.0152. The Balaban J connectivity index is 1.85. The Labute approximate surface area is 111 Å². The maximum atomic E-state index is 11.9. The van der Waals surface area contributed by atoms with E-state index in [0.717, 1.165) is 0 Å². The molecule has 2 rings (SSSR count). The summed E-state index contributed by atoms with van der Waals surface area (Å²) in [5, 5.41) is 0. The lowest BCUT2D eigenvalue weighted by atomic mass is 9.98. The Morgan fingerprint density at radius 3 is 2.44 bits per heavy atom. The van der Waals surface area contributed by atoms with Crippen molar-refractivity contribution < 1.29 is 9.53 Å². The van der Waals surface area contributed by atoms with Crippen LogP contribution in [0, 0.1) is 5.92 Å². The lowest BCUT2D eigenvalue weighted by Gasteiger charge is -2.29. The predicted octanol–water partition coefficient (Wildman–Crippen LogP) is 2.98. The first kappa shape index (κ1) is 13.9. The van der Waals surface area contributed by atoms with Gasteiger partial charge in [0, 0.05) is 12.5 Å². The fourth-order valence-electron chi connectivity index (χ4n) is 3.41. The van der Waals surface area contributed by atoms with Crippen molar-refractivity contribution in [2.75, 3.05) is 13.1 Å². The highest BCUT2D eigenvalue weighted by molar-refractivity contribution is 5.70. The average molecular weight is 253 g/mol. The van der Waals surface area contributed by atoms with Crippen molar-refractivity contribution in [3.63, 3.8) is 0 Å². The van der Waals surface area contributed by atoms with E-state index in [2.05, 4.69) is 4.90 Å². The number of carbonyl (C=O) groups excluding carboxylic acids is 1. The lowest BCUT2D eigenvalue weighted by Crippen LogP contribution is -2.37. The summed E-state index contributed by atoms with van der Waals surface area (Å²) < 4.78 is 5.45. The Hall–Kier alpha value is -0.570. The van der Waals surface area contributed by atoms with Crippen LogP contribution in [0.25, 0.3) is 0 Å². The third-order valence-electron chi connectivity index (χ3n) is 4.08. The van der Waals surface area contributed by atoms with Crippen molar-refractivity contribution in [3.05, 3.63) is 0 Å². The van der Waals surface area contributed by atoms with E-state index in [9.17, 15) is 4.79 Å². The van der Waals surface area contributed by atoms with Crippen molar-refractivity contribution >= 4 is 5.97 Å². The van der Waals surface area contributed by atoms with Crippen LogP contribution in [0.4, 0.5) is 0 Å². The minimum Gasteiger partial charge on any atom is -0.460 e. The molecule has 0 aromatic heterocycles. The number of hydrogen-bond acceptors (Lipinski definition) is 3. The van der Waals surface area contributed by atoms with E-state index in [4.69, 9.17) is 4.74 Å². The molecule has 3 heteroatoms. The van der Waals surface area contributed by atoms with Crippen LogP contribution in [-0.2, 0) is 9.53 Å². The van der Waals surface area contributed by atoms with Gasteiger partial charge in [-0.1, -0.05) is 6.42 Å². The summed E-state index contributed by atoms with van der Waals surface area (Å²) in [6.07, 6.45) is 7.01. The van der Waals surface area contributed by atoms with Crippen LogP contribution in [-0.4, -0.2) is 35.6 Å². The normalized spacial score (nSPS) is 29.7. The lowest BCUT2D eigenvalue weighted by molar-refractivity contribution is -0.156. The number of nitrogens with zero attached hydrogens (tertiary/aromatic N) is 1. The molecule has 2 atom stereocenters. The molecule has 18 heavy (non-hydrogen) atoms. The zero-order valence-corrected chi connectivity index (χ0v) is 12.1. The van der Waals surface area contributed by atoms with Gasteiger partial charge >= 0.3 is 5.97 Å². The summed E-state index contributed by atoms with van der Waals surface area (Å²) in [7, 11) is 0. The zero-order chi connectivity index (χ0) is 13.2. The molecule has 1 saturated heterocycles. The van der Waals surface area contributed by atoms with Crippen LogP contribution in [0.2, 0.25) is 0 Å². The van der Waals surface area contributed by atoms with Gasteiger partial charge in [0.15, 0.2) is 0 Å². The summed E-state index contributed by atoms with van der Waals surface area (Å²) in [4.78, 5) is 14.5. The van der Waals surface area contributed by atoms with E-state index in [1.54, 1.807) is 0 Å². The van der Waals surface area contributed by atoms with E-state index >= 15 is 0 Å². The van der Waals surface area contributed by atoms with Crippen LogP contribution < -0.4 is 0 Å². The van der Waals surface area contributed by atoms with E-state index in [1.165, 1.54) is 45.2 Å². The fourth-order valence-corrected chi connectivity index (χ4v) is 3.41. The molecule has 0 aromatic rings. The highest BCUT2D eigenvalue weighted by Gasteiger charge is 2.35. The van der Waals surface area contributed by atoms with Crippen molar-refractivity contribution in [2.24, 2.45) is 5.92 Å². The molecule has 0 bridgehead atoms. The first-order valence-electron chi connectivity index (χ1n) is 7.41. The van der Waals surface area contributed by atoms with Crippen LogP contribution in [0.15, 0.2) is 0 Å². The molecule has 2 fully saturated rings. The molecule has 1 heterocycles. The van der Waals surface area contributed by atoms with Gasteiger partial charge in [-0.15, -0.1) is 0 Å². The number of hydrogen-bond donors (Lipinski definition) is 0. The molecule has 0 amide bonds. The quantitative estimate of drug-likeness (QED) is 0.724. The van der Waals surface area contributed by atoms with E-state index in [1.807, 2.05) is 20.8 Å². The topological polar surface area (TPSA) is 29.5 Å². The smallest absolute Gasteiger partial charge is 0.306 e. The van der Waals surface area contributed by atoms with E-state index in [-0.39, 0.29) is 11.6 Å². The van der Waals surface area contributed by atoms with Crippen molar-refractivity contribution in [1.82, 2.24) is 4.90 Å². The second kappa shape index (κ2) is 5.60. The van der Waals surface area contributed by atoms with Crippen LogP contribution in [0.5, 0.6) is 0 Å². The third-order valence-corrected chi connectivity index (χ3v) is 4.08. The Morgan fingerprint density at radius 1 is 1.17 bits per heavy atom. The molecule has 104 valence electrons. The molecule has 2 aliphatic rings. The Kier molecular flexibility index (Phi) is 4.31. The third kappa shape index (κ3) is 3.71. The van der Waals surface area contributed by atoms with E-state index in [0.29, 0.717) is 18.4 Å². The summed E-state index contributed by atoms with van der Waals surface area (Å²) >= 11 is 0. The van der Waals surface area contributed by atoms with Gasteiger partial charge in [0.2, 0.25) is 0 Å². The second-order valence-electron chi connectivity index (χ2n) is 6.79. The molecular weight excluding hydrogens is 226 g/mol. The van der Waals surface area contributed by atoms with Crippen LogP contribution >= 0.6 is 0 Å². The van der Waals surface area contributed by atoms with Gasteiger partial charge in [-0.05, 0) is 65.5 Å². The maximum absolute atomic E-state index is 11.9.